The number of carbonyl (C=O) groups is 1. The van der Waals surface area contributed by atoms with E-state index in [1.54, 1.807) is 16.8 Å². The van der Waals surface area contributed by atoms with E-state index in [-0.39, 0.29) is 11.7 Å². The minimum atomic E-state index is -0.703. The number of benzene rings is 2. The van der Waals surface area contributed by atoms with Crippen molar-refractivity contribution >= 4 is 34.4 Å². The van der Waals surface area contributed by atoms with Gasteiger partial charge in [-0.1, -0.05) is 37.3 Å². The summed E-state index contributed by atoms with van der Waals surface area (Å²) in [5, 5.41) is 4.93. The highest BCUT2D eigenvalue weighted by molar-refractivity contribution is 6.30. The molecule has 192 valence electrons. The minimum absolute atomic E-state index is 0.0745. The summed E-state index contributed by atoms with van der Waals surface area (Å²) in [6.07, 6.45) is 2.44. The van der Waals surface area contributed by atoms with Gasteiger partial charge in [-0.2, -0.15) is 5.10 Å². The first-order valence-electron chi connectivity index (χ1n) is 12.7. The lowest BCUT2D eigenvalue weighted by molar-refractivity contribution is -0.130. The fourth-order valence-corrected chi connectivity index (χ4v) is 5.09. The largest absolute Gasteiger partial charge is 0.354 e. The van der Waals surface area contributed by atoms with Gasteiger partial charge in [0.25, 0.3) is 0 Å². The Kier molecular flexibility index (Phi) is 7.37. The quantitative estimate of drug-likeness (QED) is 0.325. The van der Waals surface area contributed by atoms with Crippen molar-refractivity contribution < 1.29 is 9.18 Å². The second kappa shape index (κ2) is 10.8. The molecule has 7 nitrogen and oxygen atoms in total. The van der Waals surface area contributed by atoms with Crippen molar-refractivity contribution in [2.75, 3.05) is 31.1 Å². The molecule has 5 rings (SSSR count). The molecular formula is C28H30ClFN6O. The Bertz CT molecular complexity index is 1390. The van der Waals surface area contributed by atoms with E-state index in [1.165, 1.54) is 12.1 Å². The normalized spacial score (nSPS) is 15.1. The van der Waals surface area contributed by atoms with Crippen LogP contribution in [0.25, 0.3) is 16.7 Å². The molecule has 1 aliphatic rings. The maximum absolute atomic E-state index is 13.6. The molecule has 1 saturated heterocycles. The SMILES string of the molecule is CCCc1nc(N2CCCN(C(=O)C(Cl)c3ccccc3)CC2)c2c(C)nn(-c3ccc(F)cc3)c2n1. The standard InChI is InChI=1S/C28H30ClFN6O/c1-3-8-23-31-26(24-19(2)33-36(27(24)32-23)22-13-11-21(30)12-14-22)34-15-7-16-35(18-17-34)28(37)25(29)20-9-5-4-6-10-20/h4-6,9-14,25H,3,7-8,15-18H2,1-2H3. The summed E-state index contributed by atoms with van der Waals surface area (Å²) in [5.41, 5.74) is 3.06. The lowest BCUT2D eigenvalue weighted by atomic mass is 10.1. The Balaban J connectivity index is 1.46. The zero-order valence-corrected chi connectivity index (χ0v) is 21.8. The molecule has 1 unspecified atom stereocenters. The molecular weight excluding hydrogens is 491 g/mol. The Morgan fingerprint density at radius 2 is 1.78 bits per heavy atom. The molecule has 1 amide bonds. The molecule has 1 aliphatic heterocycles. The molecule has 0 spiro atoms. The van der Waals surface area contributed by atoms with E-state index >= 15 is 0 Å². The zero-order valence-electron chi connectivity index (χ0n) is 21.1. The monoisotopic (exact) mass is 520 g/mol. The number of nitrogens with zero attached hydrogens (tertiary/aromatic N) is 6. The Morgan fingerprint density at radius 1 is 1.03 bits per heavy atom. The van der Waals surface area contributed by atoms with Crippen molar-refractivity contribution in [2.24, 2.45) is 0 Å². The number of carbonyl (C=O) groups excluding carboxylic acids is 1. The van der Waals surface area contributed by atoms with Crippen LogP contribution in [0.3, 0.4) is 0 Å². The van der Waals surface area contributed by atoms with Gasteiger partial charge in [-0.05, 0) is 49.6 Å². The molecule has 0 N–H and O–H groups in total. The predicted molar refractivity (Wildman–Crippen MR) is 144 cm³/mol. The Morgan fingerprint density at radius 3 is 2.51 bits per heavy atom. The van der Waals surface area contributed by atoms with Gasteiger partial charge in [-0.15, -0.1) is 11.6 Å². The average molecular weight is 521 g/mol. The number of anilines is 1. The molecule has 0 saturated carbocycles. The Labute approximate surface area is 220 Å². The highest BCUT2D eigenvalue weighted by atomic mass is 35.5. The van der Waals surface area contributed by atoms with E-state index in [2.05, 4.69) is 11.8 Å². The van der Waals surface area contributed by atoms with Crippen molar-refractivity contribution in [2.45, 2.75) is 38.5 Å². The number of hydrogen-bond donors (Lipinski definition) is 0. The first-order valence-corrected chi connectivity index (χ1v) is 13.1. The number of halogens is 2. The van der Waals surface area contributed by atoms with Crippen LogP contribution in [0.1, 0.15) is 42.2 Å². The predicted octanol–water partition coefficient (Wildman–Crippen LogP) is 5.23. The van der Waals surface area contributed by atoms with Gasteiger partial charge in [0, 0.05) is 32.6 Å². The third kappa shape index (κ3) is 5.16. The van der Waals surface area contributed by atoms with E-state index in [0.29, 0.717) is 25.3 Å². The van der Waals surface area contributed by atoms with Crippen LogP contribution < -0.4 is 4.90 Å². The third-order valence-electron chi connectivity index (χ3n) is 6.69. The summed E-state index contributed by atoms with van der Waals surface area (Å²) >= 11 is 6.56. The summed E-state index contributed by atoms with van der Waals surface area (Å²) in [5.74, 6) is 1.21. The lowest BCUT2D eigenvalue weighted by Gasteiger charge is -2.25. The number of aryl methyl sites for hydroxylation is 2. The number of fused-ring (bicyclic) bond motifs is 1. The molecule has 0 aliphatic carbocycles. The van der Waals surface area contributed by atoms with Gasteiger partial charge >= 0.3 is 0 Å². The first kappa shape index (κ1) is 25.1. The highest BCUT2D eigenvalue weighted by Gasteiger charge is 2.28. The van der Waals surface area contributed by atoms with Crippen molar-refractivity contribution in [3.63, 3.8) is 0 Å². The van der Waals surface area contributed by atoms with E-state index in [9.17, 15) is 9.18 Å². The van der Waals surface area contributed by atoms with Crippen molar-refractivity contribution in [1.82, 2.24) is 24.6 Å². The van der Waals surface area contributed by atoms with Crippen LogP contribution in [0.4, 0.5) is 10.2 Å². The van der Waals surface area contributed by atoms with Gasteiger partial charge in [0.1, 0.15) is 22.8 Å². The summed E-state index contributed by atoms with van der Waals surface area (Å²) in [7, 11) is 0. The molecule has 1 atom stereocenters. The van der Waals surface area contributed by atoms with Gasteiger partial charge in [0.15, 0.2) is 5.65 Å². The molecule has 2 aromatic carbocycles. The molecule has 0 radical (unpaired) electrons. The van der Waals surface area contributed by atoms with E-state index < -0.39 is 5.38 Å². The average Bonchev–Trinajstić information content (AvgIpc) is 3.08. The van der Waals surface area contributed by atoms with E-state index in [0.717, 1.165) is 59.8 Å². The number of alkyl halides is 1. The van der Waals surface area contributed by atoms with Crippen molar-refractivity contribution in [3.8, 4) is 5.69 Å². The molecule has 4 aromatic rings. The van der Waals surface area contributed by atoms with Crippen LogP contribution in [0.5, 0.6) is 0 Å². The molecule has 0 bridgehead atoms. The van der Waals surface area contributed by atoms with Crippen LogP contribution in [0.2, 0.25) is 0 Å². The van der Waals surface area contributed by atoms with Crippen LogP contribution in [-0.2, 0) is 11.2 Å². The van der Waals surface area contributed by atoms with Crippen LogP contribution in [-0.4, -0.2) is 56.7 Å². The molecule has 37 heavy (non-hydrogen) atoms. The second-order valence-electron chi connectivity index (χ2n) is 9.32. The molecule has 9 heteroatoms. The second-order valence-corrected chi connectivity index (χ2v) is 9.76. The highest BCUT2D eigenvalue weighted by Crippen LogP contribution is 2.31. The van der Waals surface area contributed by atoms with Gasteiger partial charge in [0.2, 0.25) is 5.91 Å². The minimum Gasteiger partial charge on any atom is -0.354 e. The number of amides is 1. The molecule has 3 heterocycles. The molecule has 2 aromatic heterocycles. The van der Waals surface area contributed by atoms with Gasteiger partial charge in [-0.25, -0.2) is 19.0 Å². The van der Waals surface area contributed by atoms with E-state index in [4.69, 9.17) is 26.7 Å². The smallest absolute Gasteiger partial charge is 0.245 e. The van der Waals surface area contributed by atoms with Crippen LogP contribution in [0.15, 0.2) is 54.6 Å². The van der Waals surface area contributed by atoms with Gasteiger partial charge in [0.05, 0.1) is 16.8 Å². The fourth-order valence-electron chi connectivity index (χ4n) is 4.81. The fraction of sp³-hybridized carbons (Fsp3) is 0.357. The maximum atomic E-state index is 13.6. The lowest BCUT2D eigenvalue weighted by Crippen LogP contribution is -2.37. The van der Waals surface area contributed by atoms with Crippen LogP contribution in [0, 0.1) is 12.7 Å². The third-order valence-corrected chi connectivity index (χ3v) is 7.13. The van der Waals surface area contributed by atoms with Gasteiger partial charge in [-0.3, -0.25) is 4.79 Å². The first-order chi connectivity index (χ1) is 18.0. The number of hydrogen-bond acceptors (Lipinski definition) is 5. The number of rotatable bonds is 6. The maximum Gasteiger partial charge on any atom is 0.245 e. The summed E-state index contributed by atoms with van der Waals surface area (Å²) in [6.45, 7) is 6.61. The summed E-state index contributed by atoms with van der Waals surface area (Å²) in [6, 6.07) is 15.7. The van der Waals surface area contributed by atoms with Crippen molar-refractivity contribution in [3.05, 3.63) is 77.5 Å². The molecule has 1 fully saturated rings. The van der Waals surface area contributed by atoms with Gasteiger partial charge < -0.3 is 9.80 Å². The zero-order chi connectivity index (χ0) is 25.9. The summed E-state index contributed by atoms with van der Waals surface area (Å²) < 4.78 is 15.3. The van der Waals surface area contributed by atoms with E-state index in [1.807, 2.05) is 42.2 Å². The number of aromatic nitrogens is 4. The van der Waals surface area contributed by atoms with Crippen molar-refractivity contribution in [1.29, 1.82) is 0 Å². The van der Waals surface area contributed by atoms with Crippen LogP contribution >= 0.6 is 11.6 Å². The topological polar surface area (TPSA) is 67.2 Å². The summed E-state index contributed by atoms with van der Waals surface area (Å²) in [4.78, 5) is 27.1. The Hall–Kier alpha value is -3.52.